The molecule has 0 radical (unpaired) electrons. The lowest BCUT2D eigenvalue weighted by molar-refractivity contribution is -0.576. The highest BCUT2D eigenvalue weighted by Gasteiger charge is 2.69. The van der Waals surface area contributed by atoms with Crippen molar-refractivity contribution in [3.8, 4) is 0 Å². The Bertz CT molecular complexity index is 538. The maximum absolute atomic E-state index is 12.0. The number of esters is 1. The molecule has 4 unspecified atom stereocenters. The third-order valence-corrected chi connectivity index (χ3v) is 6.80. The Morgan fingerprint density at radius 3 is 2.72 bits per heavy atom. The van der Waals surface area contributed by atoms with E-state index in [1.807, 2.05) is 13.8 Å². The first kappa shape index (κ1) is 17.7. The van der Waals surface area contributed by atoms with Crippen molar-refractivity contribution >= 4 is 5.97 Å². The van der Waals surface area contributed by atoms with Gasteiger partial charge in [0.2, 0.25) is 12.1 Å². The van der Waals surface area contributed by atoms with Gasteiger partial charge in [-0.2, -0.15) is 0 Å². The highest BCUT2D eigenvalue weighted by molar-refractivity contribution is 5.69. The molecule has 0 amide bonds. The molecule has 0 aromatic heterocycles. The minimum Gasteiger partial charge on any atom is -0.435 e. The first-order chi connectivity index (χ1) is 11.9. The van der Waals surface area contributed by atoms with E-state index in [9.17, 15) is 4.79 Å². The average molecular weight is 354 g/mol. The Kier molecular flexibility index (Phi) is 4.38. The van der Waals surface area contributed by atoms with Crippen LogP contribution in [-0.2, 0) is 28.8 Å². The van der Waals surface area contributed by atoms with Crippen LogP contribution >= 0.6 is 0 Å². The summed E-state index contributed by atoms with van der Waals surface area (Å²) in [5, 5.41) is 0. The van der Waals surface area contributed by atoms with E-state index >= 15 is 0 Å². The van der Waals surface area contributed by atoms with E-state index in [1.54, 1.807) is 0 Å². The molecule has 6 heteroatoms. The van der Waals surface area contributed by atoms with Gasteiger partial charge in [-0.1, -0.05) is 20.8 Å². The summed E-state index contributed by atoms with van der Waals surface area (Å²) in [6.07, 6.45) is 3.97. The summed E-state index contributed by atoms with van der Waals surface area (Å²) in [6.45, 7) is 8.24. The summed E-state index contributed by atoms with van der Waals surface area (Å²) in [5.74, 6) is 0.0851. The van der Waals surface area contributed by atoms with Crippen LogP contribution in [-0.4, -0.2) is 29.9 Å². The van der Waals surface area contributed by atoms with Crippen LogP contribution in [0.5, 0.6) is 0 Å². The Balaban J connectivity index is 1.66. The zero-order valence-corrected chi connectivity index (χ0v) is 15.7. The molecule has 8 atom stereocenters. The van der Waals surface area contributed by atoms with Crippen molar-refractivity contribution in [1.82, 2.24) is 0 Å². The maximum atomic E-state index is 12.0. The average Bonchev–Trinajstić information content (AvgIpc) is 2.79. The molecular weight excluding hydrogens is 324 g/mol. The van der Waals surface area contributed by atoms with Gasteiger partial charge < -0.3 is 14.2 Å². The fraction of sp³-hybridized carbons (Fsp3) is 0.947. The van der Waals surface area contributed by atoms with Gasteiger partial charge in [-0.05, 0) is 44.4 Å². The van der Waals surface area contributed by atoms with Crippen molar-refractivity contribution in [2.24, 2.45) is 23.7 Å². The molecular formula is C19H30O6. The summed E-state index contributed by atoms with van der Waals surface area (Å²) in [5.41, 5.74) is -0.596. The number of carbonyl (C=O) groups excluding carboxylic acids is 1. The van der Waals surface area contributed by atoms with Crippen LogP contribution in [0.1, 0.15) is 66.2 Å². The Labute approximate surface area is 149 Å². The lowest BCUT2D eigenvalue weighted by atomic mass is 9.58. The Morgan fingerprint density at radius 2 is 1.96 bits per heavy atom. The van der Waals surface area contributed by atoms with Gasteiger partial charge in [-0.25, -0.2) is 9.78 Å². The van der Waals surface area contributed by atoms with Gasteiger partial charge in [0.05, 0.1) is 0 Å². The van der Waals surface area contributed by atoms with Gasteiger partial charge in [0.25, 0.3) is 0 Å². The highest BCUT2D eigenvalue weighted by Crippen LogP contribution is 2.60. The van der Waals surface area contributed by atoms with Crippen LogP contribution in [0.2, 0.25) is 0 Å². The molecule has 142 valence electrons. The molecule has 1 spiro atoms. The molecule has 4 saturated heterocycles. The van der Waals surface area contributed by atoms with Gasteiger partial charge in [0.1, 0.15) is 0 Å². The molecule has 1 saturated carbocycles. The Hall–Kier alpha value is -0.690. The number of rotatable bonds is 3. The van der Waals surface area contributed by atoms with E-state index in [4.69, 9.17) is 24.0 Å². The maximum Gasteiger partial charge on any atom is 0.308 e. The zero-order valence-electron chi connectivity index (χ0n) is 15.7. The van der Waals surface area contributed by atoms with Crippen molar-refractivity contribution in [3.05, 3.63) is 0 Å². The molecule has 25 heavy (non-hydrogen) atoms. The number of hydrogen-bond donors (Lipinski definition) is 0. The van der Waals surface area contributed by atoms with E-state index in [1.165, 1.54) is 0 Å². The number of carbonyl (C=O) groups is 1. The molecule has 1 aliphatic carbocycles. The van der Waals surface area contributed by atoms with Crippen molar-refractivity contribution < 1.29 is 28.8 Å². The fourth-order valence-corrected chi connectivity index (χ4v) is 5.40. The highest BCUT2D eigenvalue weighted by atomic mass is 17.3. The standard InChI is InChI=1S/C19H30O6/c1-5-6-15(20)21-16-12(3)14-8-7-11(2)13-9-10-18(4)23-17(22-16)19(13,14)25-24-18/h11-14,16-17H,5-10H2,1-4H3/t11-,12-,13?,14?,16?,17-,18?,19-/m1/s1. The second kappa shape index (κ2) is 6.19. The van der Waals surface area contributed by atoms with Gasteiger partial charge in [0.15, 0.2) is 11.9 Å². The van der Waals surface area contributed by atoms with Crippen molar-refractivity contribution in [2.45, 2.75) is 90.2 Å². The minimum absolute atomic E-state index is 0.0433. The quantitative estimate of drug-likeness (QED) is 0.571. The van der Waals surface area contributed by atoms with E-state index in [0.29, 0.717) is 18.3 Å². The molecule has 6 nitrogen and oxygen atoms in total. The summed E-state index contributed by atoms with van der Waals surface area (Å²) in [7, 11) is 0. The first-order valence-corrected chi connectivity index (χ1v) is 9.79. The number of ether oxygens (including phenoxy) is 3. The van der Waals surface area contributed by atoms with Gasteiger partial charge in [0, 0.05) is 24.7 Å². The normalized spacial score (nSPS) is 51.5. The van der Waals surface area contributed by atoms with Crippen molar-refractivity contribution in [2.75, 3.05) is 0 Å². The zero-order chi connectivity index (χ0) is 17.8. The smallest absolute Gasteiger partial charge is 0.308 e. The topological polar surface area (TPSA) is 63.2 Å². The first-order valence-electron chi connectivity index (χ1n) is 9.79. The SMILES string of the molecule is CCCC(=O)OC1O[C@@H]2OC3(C)CCC4[C@H](C)CCC([C@H]1C)[C@]42OO3. The van der Waals surface area contributed by atoms with Crippen LogP contribution in [0.3, 0.4) is 0 Å². The second-order valence-corrected chi connectivity index (χ2v) is 8.51. The summed E-state index contributed by atoms with van der Waals surface area (Å²) in [6, 6.07) is 0. The molecule has 5 rings (SSSR count). The number of hydrogen-bond acceptors (Lipinski definition) is 6. The van der Waals surface area contributed by atoms with Crippen molar-refractivity contribution in [3.63, 3.8) is 0 Å². The summed E-state index contributed by atoms with van der Waals surface area (Å²) in [4.78, 5) is 23.9. The minimum atomic E-state index is -0.796. The third-order valence-electron chi connectivity index (χ3n) is 6.80. The van der Waals surface area contributed by atoms with E-state index in [2.05, 4.69) is 13.8 Å². The van der Waals surface area contributed by atoms with Crippen molar-refractivity contribution in [1.29, 1.82) is 0 Å². The van der Waals surface area contributed by atoms with Gasteiger partial charge in [-0.3, -0.25) is 4.79 Å². The fourth-order valence-electron chi connectivity index (χ4n) is 5.40. The van der Waals surface area contributed by atoms with Crippen LogP contribution in [0.15, 0.2) is 0 Å². The molecule has 0 N–H and O–H groups in total. The lowest BCUT2D eigenvalue weighted by Gasteiger charge is -2.59. The van der Waals surface area contributed by atoms with Crippen LogP contribution in [0.4, 0.5) is 0 Å². The van der Waals surface area contributed by atoms with E-state index < -0.39 is 24.0 Å². The Morgan fingerprint density at radius 1 is 1.16 bits per heavy atom. The summed E-state index contributed by atoms with van der Waals surface area (Å²) < 4.78 is 18.1. The third kappa shape index (κ3) is 2.64. The van der Waals surface area contributed by atoms with E-state index in [0.717, 1.165) is 32.1 Å². The summed E-state index contributed by atoms with van der Waals surface area (Å²) >= 11 is 0. The second-order valence-electron chi connectivity index (χ2n) is 8.51. The monoisotopic (exact) mass is 354 g/mol. The molecule has 0 aromatic carbocycles. The van der Waals surface area contributed by atoms with Gasteiger partial charge in [-0.15, -0.1) is 0 Å². The van der Waals surface area contributed by atoms with E-state index in [-0.39, 0.29) is 17.8 Å². The predicted molar refractivity (Wildman–Crippen MR) is 87.8 cm³/mol. The molecule has 0 aromatic rings. The van der Waals surface area contributed by atoms with Crippen LogP contribution in [0.25, 0.3) is 0 Å². The predicted octanol–water partition coefficient (Wildman–Crippen LogP) is 3.54. The van der Waals surface area contributed by atoms with Gasteiger partial charge >= 0.3 is 5.97 Å². The lowest BCUT2D eigenvalue weighted by Crippen LogP contribution is -2.70. The van der Waals surface area contributed by atoms with Crippen LogP contribution in [0, 0.1) is 23.7 Å². The number of fused-ring (bicyclic) bond motifs is 2. The molecule has 4 aliphatic heterocycles. The molecule has 5 aliphatic rings. The molecule has 2 bridgehead atoms. The molecule has 4 heterocycles. The largest absolute Gasteiger partial charge is 0.435 e. The van der Waals surface area contributed by atoms with Crippen LogP contribution < -0.4 is 0 Å². The molecule has 5 fully saturated rings.